The maximum Gasteiger partial charge on any atom is 0.337 e. The number of fused-ring (bicyclic) bond motifs is 1. The van der Waals surface area contributed by atoms with Gasteiger partial charge in [0.05, 0.1) is 12.2 Å². The lowest BCUT2D eigenvalue weighted by Crippen LogP contribution is -2.17. The van der Waals surface area contributed by atoms with Gasteiger partial charge in [-0.05, 0) is 33.3 Å². The van der Waals surface area contributed by atoms with Crippen LogP contribution in [0.25, 0.3) is 0 Å². The number of hydrogen-bond acceptors (Lipinski definition) is 3. The molecule has 0 radical (unpaired) electrons. The Kier molecular flexibility index (Phi) is 2.55. The topological polar surface area (TPSA) is 35.5 Å². The molecule has 0 fully saturated rings. The van der Waals surface area contributed by atoms with Gasteiger partial charge in [-0.2, -0.15) is 0 Å². The predicted octanol–water partition coefficient (Wildman–Crippen LogP) is 2.19. The molecule has 0 bridgehead atoms. The lowest BCUT2D eigenvalue weighted by Gasteiger charge is -2.10. The van der Waals surface area contributed by atoms with Crippen molar-refractivity contribution in [2.75, 3.05) is 6.61 Å². The lowest BCUT2D eigenvalue weighted by molar-refractivity contribution is -0.139. The molecule has 0 saturated heterocycles. The molecule has 0 spiro atoms. The molecule has 0 aromatic rings. The lowest BCUT2D eigenvalue weighted by atomic mass is 9.95. The fourth-order valence-corrected chi connectivity index (χ4v) is 2.34. The molecule has 0 aromatic heterocycles. The molecule has 2 aliphatic rings. The summed E-state index contributed by atoms with van der Waals surface area (Å²) in [5.41, 5.74) is 2.02. The number of allylic oxidation sites excluding steroid dienone is 2. The molecule has 2 rings (SSSR count). The molecular weight excluding hydrogens is 192 g/mol. The summed E-state index contributed by atoms with van der Waals surface area (Å²) in [6.07, 6.45) is 3.07. The first kappa shape index (κ1) is 10.3. The Balaban J connectivity index is 2.18. The van der Waals surface area contributed by atoms with Crippen molar-refractivity contribution in [3.05, 3.63) is 23.0 Å². The zero-order valence-corrected chi connectivity index (χ0v) is 9.37. The highest BCUT2D eigenvalue weighted by Gasteiger charge is 2.41. The predicted molar refractivity (Wildman–Crippen MR) is 56.1 cm³/mol. The van der Waals surface area contributed by atoms with Crippen molar-refractivity contribution >= 4 is 5.97 Å². The molecule has 1 heterocycles. The smallest absolute Gasteiger partial charge is 0.337 e. The first-order valence-corrected chi connectivity index (χ1v) is 5.35. The van der Waals surface area contributed by atoms with Crippen molar-refractivity contribution in [3.63, 3.8) is 0 Å². The van der Waals surface area contributed by atoms with Crippen LogP contribution in [-0.2, 0) is 14.3 Å². The summed E-state index contributed by atoms with van der Waals surface area (Å²) < 4.78 is 10.7. The summed E-state index contributed by atoms with van der Waals surface area (Å²) in [5, 5.41) is 0. The van der Waals surface area contributed by atoms with Gasteiger partial charge in [-0.25, -0.2) is 4.79 Å². The van der Waals surface area contributed by atoms with Gasteiger partial charge >= 0.3 is 5.97 Å². The molecule has 3 nitrogen and oxygen atoms in total. The standard InChI is InChI=1S/C12H16O3/c1-4-14-12(13)11-8(3)15-10-6-7(2)5-9(10)11/h6,9-10H,4-5H2,1-3H3/t9-,10+/m1/s1. The molecule has 1 aliphatic heterocycles. The average molecular weight is 208 g/mol. The molecule has 0 saturated carbocycles. The van der Waals surface area contributed by atoms with Crippen LogP contribution < -0.4 is 0 Å². The van der Waals surface area contributed by atoms with Crippen molar-refractivity contribution in [1.29, 1.82) is 0 Å². The summed E-state index contributed by atoms with van der Waals surface area (Å²) in [5.74, 6) is 0.696. The van der Waals surface area contributed by atoms with Gasteiger partial charge in [-0.15, -0.1) is 0 Å². The zero-order valence-electron chi connectivity index (χ0n) is 9.37. The molecule has 0 amide bonds. The summed E-state index contributed by atoms with van der Waals surface area (Å²) in [6, 6.07) is 0. The number of rotatable bonds is 2. The summed E-state index contributed by atoms with van der Waals surface area (Å²) in [6.45, 7) is 6.15. The molecule has 1 aliphatic carbocycles. The fraction of sp³-hybridized carbons (Fsp3) is 0.583. The number of carbonyl (C=O) groups excluding carboxylic acids is 1. The Hall–Kier alpha value is -1.25. The zero-order chi connectivity index (χ0) is 11.0. The highest BCUT2D eigenvalue weighted by molar-refractivity contribution is 5.90. The minimum Gasteiger partial charge on any atom is -0.490 e. The maximum atomic E-state index is 11.7. The Bertz CT molecular complexity index is 352. The first-order valence-electron chi connectivity index (χ1n) is 5.35. The van der Waals surface area contributed by atoms with Crippen LogP contribution >= 0.6 is 0 Å². The van der Waals surface area contributed by atoms with E-state index in [-0.39, 0.29) is 18.0 Å². The van der Waals surface area contributed by atoms with Gasteiger partial charge in [0.1, 0.15) is 11.9 Å². The van der Waals surface area contributed by atoms with E-state index in [4.69, 9.17) is 9.47 Å². The van der Waals surface area contributed by atoms with Crippen molar-refractivity contribution in [1.82, 2.24) is 0 Å². The van der Waals surface area contributed by atoms with Crippen molar-refractivity contribution in [2.45, 2.75) is 33.3 Å². The van der Waals surface area contributed by atoms with Crippen LogP contribution in [0.4, 0.5) is 0 Å². The van der Waals surface area contributed by atoms with Gasteiger partial charge in [-0.1, -0.05) is 5.57 Å². The minimum atomic E-state index is -0.217. The SMILES string of the molecule is CCOC(=O)C1=C(C)O[C@H]2C=C(C)C[C@@H]12. The molecule has 82 valence electrons. The van der Waals surface area contributed by atoms with Gasteiger partial charge in [0.2, 0.25) is 0 Å². The molecule has 0 N–H and O–H groups in total. The number of carbonyl (C=O) groups is 1. The van der Waals surface area contributed by atoms with Crippen LogP contribution in [0.1, 0.15) is 27.2 Å². The Labute approximate surface area is 89.8 Å². The highest BCUT2D eigenvalue weighted by atomic mass is 16.5. The van der Waals surface area contributed by atoms with Crippen LogP contribution in [0, 0.1) is 5.92 Å². The number of ether oxygens (including phenoxy) is 2. The van der Waals surface area contributed by atoms with Crippen LogP contribution in [0.2, 0.25) is 0 Å². The van der Waals surface area contributed by atoms with Crippen LogP contribution in [0.15, 0.2) is 23.0 Å². The van der Waals surface area contributed by atoms with Gasteiger partial charge in [0, 0.05) is 5.92 Å². The molecule has 0 unspecified atom stereocenters. The van der Waals surface area contributed by atoms with E-state index in [0.29, 0.717) is 6.61 Å². The van der Waals surface area contributed by atoms with Crippen molar-refractivity contribution < 1.29 is 14.3 Å². The van der Waals surface area contributed by atoms with E-state index in [0.717, 1.165) is 17.8 Å². The van der Waals surface area contributed by atoms with Crippen LogP contribution in [0.3, 0.4) is 0 Å². The van der Waals surface area contributed by atoms with E-state index in [1.54, 1.807) is 0 Å². The third-order valence-electron chi connectivity index (χ3n) is 2.95. The van der Waals surface area contributed by atoms with E-state index in [9.17, 15) is 4.79 Å². The Morgan fingerprint density at radius 3 is 3.00 bits per heavy atom. The van der Waals surface area contributed by atoms with E-state index >= 15 is 0 Å². The Morgan fingerprint density at radius 1 is 1.60 bits per heavy atom. The second-order valence-corrected chi connectivity index (χ2v) is 4.10. The normalized spacial score (nSPS) is 28.6. The molecule has 2 atom stereocenters. The van der Waals surface area contributed by atoms with Crippen LogP contribution in [-0.4, -0.2) is 18.7 Å². The van der Waals surface area contributed by atoms with E-state index in [1.165, 1.54) is 5.57 Å². The first-order chi connectivity index (χ1) is 7.13. The molecule has 0 aromatic carbocycles. The van der Waals surface area contributed by atoms with Gasteiger partial charge < -0.3 is 9.47 Å². The third-order valence-corrected chi connectivity index (χ3v) is 2.95. The highest BCUT2D eigenvalue weighted by Crippen LogP contribution is 2.41. The minimum absolute atomic E-state index is 0.0596. The van der Waals surface area contributed by atoms with Crippen molar-refractivity contribution in [3.8, 4) is 0 Å². The largest absolute Gasteiger partial charge is 0.490 e. The number of hydrogen-bond donors (Lipinski definition) is 0. The quantitative estimate of drug-likeness (QED) is 0.515. The Morgan fingerprint density at radius 2 is 2.33 bits per heavy atom. The third kappa shape index (κ3) is 1.66. The number of esters is 1. The van der Waals surface area contributed by atoms with E-state index in [2.05, 4.69) is 13.0 Å². The van der Waals surface area contributed by atoms with Crippen LogP contribution in [0.5, 0.6) is 0 Å². The average Bonchev–Trinajstić information content (AvgIpc) is 2.59. The monoisotopic (exact) mass is 208 g/mol. The molecular formula is C12H16O3. The fourth-order valence-electron chi connectivity index (χ4n) is 2.34. The van der Waals surface area contributed by atoms with Gasteiger partial charge in [-0.3, -0.25) is 0 Å². The van der Waals surface area contributed by atoms with Gasteiger partial charge in [0.25, 0.3) is 0 Å². The van der Waals surface area contributed by atoms with E-state index in [1.807, 2.05) is 13.8 Å². The van der Waals surface area contributed by atoms with Crippen molar-refractivity contribution in [2.24, 2.45) is 5.92 Å². The van der Waals surface area contributed by atoms with Gasteiger partial charge in [0.15, 0.2) is 0 Å². The summed E-state index contributed by atoms with van der Waals surface area (Å²) in [4.78, 5) is 11.7. The molecule has 3 heteroatoms. The van der Waals surface area contributed by atoms with E-state index < -0.39 is 0 Å². The maximum absolute atomic E-state index is 11.7. The summed E-state index contributed by atoms with van der Waals surface area (Å²) in [7, 11) is 0. The second kappa shape index (κ2) is 3.72. The molecule has 15 heavy (non-hydrogen) atoms. The second-order valence-electron chi connectivity index (χ2n) is 4.10. The summed E-state index contributed by atoms with van der Waals surface area (Å²) >= 11 is 0.